The lowest BCUT2D eigenvalue weighted by Crippen LogP contribution is -2.15. The van der Waals surface area contributed by atoms with Gasteiger partial charge in [-0.15, -0.1) is 21.5 Å². The summed E-state index contributed by atoms with van der Waals surface area (Å²) in [5.74, 6) is 2.63. The second-order valence-electron chi connectivity index (χ2n) is 6.63. The van der Waals surface area contributed by atoms with E-state index >= 15 is 0 Å². The highest BCUT2D eigenvalue weighted by atomic mass is 32.2. The van der Waals surface area contributed by atoms with Crippen molar-refractivity contribution in [1.29, 1.82) is 0 Å². The molecule has 0 saturated heterocycles. The topological polar surface area (TPSA) is 118 Å². The minimum Gasteiger partial charge on any atom is -0.493 e. The third-order valence-electron chi connectivity index (χ3n) is 4.57. The first-order valence-corrected chi connectivity index (χ1v) is 11.5. The molecule has 0 saturated carbocycles. The van der Waals surface area contributed by atoms with Crippen LogP contribution in [0.4, 0.5) is 0 Å². The van der Waals surface area contributed by atoms with Gasteiger partial charge in [-0.2, -0.15) is 0 Å². The van der Waals surface area contributed by atoms with Crippen LogP contribution in [0.3, 0.4) is 0 Å². The number of amides is 1. The van der Waals surface area contributed by atoms with Gasteiger partial charge >= 0.3 is 0 Å². The molecule has 2 N–H and O–H groups in total. The van der Waals surface area contributed by atoms with E-state index in [0.717, 1.165) is 16.3 Å². The van der Waals surface area contributed by atoms with Gasteiger partial charge in [-0.25, -0.2) is 4.98 Å². The van der Waals surface area contributed by atoms with Crippen LogP contribution in [0.1, 0.15) is 12.1 Å². The number of ether oxygens (including phenoxy) is 2. The number of benzene rings is 1. The molecule has 0 bridgehead atoms. The molecule has 0 aliphatic rings. The van der Waals surface area contributed by atoms with E-state index in [2.05, 4.69) is 10.2 Å². The van der Waals surface area contributed by atoms with Crippen LogP contribution in [0.15, 0.2) is 51.5 Å². The Balaban J connectivity index is 1.54. The number of carbonyl (C=O) groups is 1. The SMILES string of the molecule is COc1cccc(-c2nc(CSc3nnc(-c4ccco4)n3CCC(N)=O)cs2)c1OC. The quantitative estimate of drug-likeness (QED) is 0.347. The van der Waals surface area contributed by atoms with E-state index in [4.69, 9.17) is 24.6 Å². The maximum atomic E-state index is 11.3. The highest BCUT2D eigenvalue weighted by Crippen LogP contribution is 2.39. The van der Waals surface area contributed by atoms with Crippen LogP contribution in [-0.2, 0) is 17.1 Å². The molecule has 3 heterocycles. The maximum Gasteiger partial charge on any atom is 0.219 e. The minimum absolute atomic E-state index is 0.176. The molecule has 0 radical (unpaired) electrons. The van der Waals surface area contributed by atoms with Crippen LogP contribution in [0.2, 0.25) is 0 Å². The van der Waals surface area contributed by atoms with Crippen LogP contribution >= 0.6 is 23.1 Å². The summed E-state index contributed by atoms with van der Waals surface area (Å²) in [4.78, 5) is 16.1. The Kier molecular flexibility index (Phi) is 6.76. The third kappa shape index (κ3) is 4.63. The normalized spacial score (nSPS) is 10.9. The first-order chi connectivity index (χ1) is 15.6. The summed E-state index contributed by atoms with van der Waals surface area (Å²) in [6.45, 7) is 0.365. The molecule has 1 aromatic carbocycles. The van der Waals surface area contributed by atoms with Crippen LogP contribution in [0, 0.1) is 0 Å². The van der Waals surface area contributed by atoms with Gasteiger partial charge in [-0.1, -0.05) is 17.8 Å². The van der Waals surface area contributed by atoms with Gasteiger partial charge in [0.1, 0.15) is 5.01 Å². The lowest BCUT2D eigenvalue weighted by atomic mass is 10.2. The van der Waals surface area contributed by atoms with Gasteiger partial charge in [0.25, 0.3) is 0 Å². The average molecular weight is 472 g/mol. The minimum atomic E-state index is -0.392. The Morgan fingerprint density at radius 2 is 2.09 bits per heavy atom. The number of hydrogen-bond donors (Lipinski definition) is 1. The lowest BCUT2D eigenvalue weighted by molar-refractivity contribution is -0.118. The molecule has 0 fully saturated rings. The van der Waals surface area contributed by atoms with Crippen molar-refractivity contribution in [3.63, 3.8) is 0 Å². The molecule has 0 spiro atoms. The molecule has 0 aliphatic carbocycles. The fourth-order valence-electron chi connectivity index (χ4n) is 3.10. The van der Waals surface area contributed by atoms with E-state index in [1.54, 1.807) is 32.6 Å². The van der Waals surface area contributed by atoms with Crippen molar-refractivity contribution in [2.45, 2.75) is 23.9 Å². The Labute approximate surface area is 192 Å². The largest absolute Gasteiger partial charge is 0.493 e. The number of thioether (sulfide) groups is 1. The summed E-state index contributed by atoms with van der Waals surface area (Å²) in [7, 11) is 3.22. The molecular formula is C21H21N5O4S2. The Hall–Kier alpha value is -3.31. The highest BCUT2D eigenvalue weighted by molar-refractivity contribution is 7.98. The van der Waals surface area contributed by atoms with Crippen molar-refractivity contribution in [3.05, 3.63) is 47.7 Å². The van der Waals surface area contributed by atoms with Crippen molar-refractivity contribution in [2.24, 2.45) is 5.73 Å². The number of aromatic nitrogens is 4. The fraction of sp³-hybridized carbons (Fsp3) is 0.238. The zero-order chi connectivity index (χ0) is 22.5. The number of furan rings is 1. The standard InChI is InChI=1S/C21H21N5O4S2/c1-28-15-6-3-5-14(18(15)29-2)20-23-13(11-31-20)12-32-21-25-24-19(16-7-4-10-30-16)26(21)9-8-17(22)27/h3-7,10-11H,8-9,12H2,1-2H3,(H2,22,27). The van der Waals surface area contributed by atoms with E-state index in [1.807, 2.05) is 28.1 Å². The van der Waals surface area contributed by atoms with Crippen molar-refractivity contribution in [1.82, 2.24) is 19.7 Å². The van der Waals surface area contributed by atoms with Crippen molar-refractivity contribution in [3.8, 4) is 33.7 Å². The summed E-state index contributed by atoms with van der Waals surface area (Å²) < 4.78 is 18.2. The number of rotatable bonds is 10. The van der Waals surface area contributed by atoms with Crippen LogP contribution in [-0.4, -0.2) is 39.9 Å². The zero-order valence-corrected chi connectivity index (χ0v) is 19.1. The molecule has 4 rings (SSSR count). The molecule has 0 unspecified atom stereocenters. The monoisotopic (exact) mass is 471 g/mol. The Morgan fingerprint density at radius 3 is 2.81 bits per heavy atom. The molecule has 4 aromatic rings. The Bertz CT molecular complexity index is 1200. The van der Waals surface area contributed by atoms with Crippen LogP contribution in [0.25, 0.3) is 22.2 Å². The Morgan fingerprint density at radius 1 is 1.22 bits per heavy atom. The predicted molar refractivity (Wildman–Crippen MR) is 122 cm³/mol. The highest BCUT2D eigenvalue weighted by Gasteiger charge is 2.18. The first kappa shape index (κ1) is 21.9. The molecule has 32 heavy (non-hydrogen) atoms. The third-order valence-corrected chi connectivity index (χ3v) is 6.50. The number of primary amides is 1. The van der Waals surface area contributed by atoms with E-state index < -0.39 is 5.91 Å². The number of nitrogens with zero attached hydrogens (tertiary/aromatic N) is 4. The second-order valence-corrected chi connectivity index (χ2v) is 8.43. The number of carbonyl (C=O) groups excluding carboxylic acids is 1. The van der Waals surface area contributed by atoms with Gasteiger partial charge in [0.15, 0.2) is 28.2 Å². The number of nitrogens with two attached hydrogens (primary N) is 1. The summed E-state index contributed by atoms with van der Waals surface area (Å²) in [5.41, 5.74) is 7.11. The van der Waals surface area contributed by atoms with Gasteiger partial charge in [0, 0.05) is 24.1 Å². The molecule has 9 nitrogen and oxygen atoms in total. The van der Waals surface area contributed by atoms with Crippen LogP contribution in [0.5, 0.6) is 11.5 Å². The van der Waals surface area contributed by atoms with Gasteiger partial charge in [-0.05, 0) is 24.3 Å². The lowest BCUT2D eigenvalue weighted by Gasteiger charge is -2.10. The zero-order valence-electron chi connectivity index (χ0n) is 17.5. The van der Waals surface area contributed by atoms with Gasteiger partial charge < -0.3 is 19.6 Å². The number of methoxy groups -OCH3 is 2. The van der Waals surface area contributed by atoms with E-state index in [9.17, 15) is 4.79 Å². The summed E-state index contributed by atoms with van der Waals surface area (Å²) in [6.07, 6.45) is 1.74. The molecule has 166 valence electrons. The molecule has 3 aromatic heterocycles. The maximum absolute atomic E-state index is 11.3. The second kappa shape index (κ2) is 9.88. The van der Waals surface area contributed by atoms with E-state index in [-0.39, 0.29) is 6.42 Å². The molecule has 11 heteroatoms. The van der Waals surface area contributed by atoms with Crippen molar-refractivity contribution < 1.29 is 18.7 Å². The van der Waals surface area contributed by atoms with E-state index in [0.29, 0.717) is 40.5 Å². The smallest absolute Gasteiger partial charge is 0.219 e. The molecule has 1 amide bonds. The summed E-state index contributed by atoms with van der Waals surface area (Å²) in [5, 5.41) is 12.0. The first-order valence-electron chi connectivity index (χ1n) is 9.64. The van der Waals surface area contributed by atoms with Gasteiger partial charge in [-0.3, -0.25) is 9.36 Å². The summed E-state index contributed by atoms with van der Waals surface area (Å²) >= 11 is 3.01. The molecule has 0 atom stereocenters. The summed E-state index contributed by atoms with van der Waals surface area (Å²) in [6, 6.07) is 9.28. The average Bonchev–Trinajstić information content (AvgIpc) is 3.56. The molecular weight excluding hydrogens is 450 g/mol. The predicted octanol–water partition coefficient (Wildman–Crippen LogP) is 3.85. The molecule has 0 aliphatic heterocycles. The van der Waals surface area contributed by atoms with Crippen molar-refractivity contribution in [2.75, 3.05) is 14.2 Å². The fourth-order valence-corrected chi connectivity index (χ4v) is 4.90. The van der Waals surface area contributed by atoms with Gasteiger partial charge in [0.05, 0.1) is 31.7 Å². The van der Waals surface area contributed by atoms with Crippen LogP contribution < -0.4 is 15.2 Å². The number of thiazole rings is 1. The van der Waals surface area contributed by atoms with Gasteiger partial charge in [0.2, 0.25) is 5.91 Å². The van der Waals surface area contributed by atoms with E-state index in [1.165, 1.54) is 23.1 Å². The number of para-hydroxylation sites is 1. The van der Waals surface area contributed by atoms with Crippen molar-refractivity contribution >= 4 is 29.0 Å². The number of hydrogen-bond acceptors (Lipinski definition) is 9.